The van der Waals surface area contributed by atoms with Crippen LogP contribution >= 0.6 is 24.8 Å². The van der Waals surface area contributed by atoms with Crippen LogP contribution in [0.2, 0.25) is 0 Å². The Bertz CT molecular complexity index is 114. The molecule has 1 N–H and O–H groups in total. The Balaban J connectivity index is -0.000000563. The Kier molecular flexibility index (Phi) is 23.2. The van der Waals surface area contributed by atoms with E-state index in [1.807, 2.05) is 0 Å². The second-order valence-corrected chi connectivity index (χ2v) is 4.46. The van der Waals surface area contributed by atoms with Crippen LogP contribution in [0, 0.1) is 0 Å². The molecule has 4 heteroatoms. The van der Waals surface area contributed by atoms with Crippen molar-refractivity contribution >= 4 is 24.8 Å². The van der Waals surface area contributed by atoms with E-state index in [1.165, 1.54) is 57.8 Å². The van der Waals surface area contributed by atoms with E-state index < -0.39 is 0 Å². The van der Waals surface area contributed by atoms with Crippen molar-refractivity contribution in [2.45, 2.75) is 76.7 Å². The molecule has 1 aliphatic rings. The number of hydrogen-bond acceptors (Lipinski definition) is 0. The van der Waals surface area contributed by atoms with E-state index in [0.29, 0.717) is 0 Å². The molecular weight excluding hydrogens is 320 g/mol. The zero-order chi connectivity index (χ0) is 9.36. The SMILES string of the molecule is Cl.Cl.[NH-]C1CCCCCCCCCCC1.[Zr]. The van der Waals surface area contributed by atoms with E-state index in [0.717, 1.165) is 12.8 Å². The molecule has 0 aromatic carbocycles. The van der Waals surface area contributed by atoms with E-state index in [4.69, 9.17) is 5.73 Å². The van der Waals surface area contributed by atoms with Crippen molar-refractivity contribution in [3.63, 3.8) is 0 Å². The zero-order valence-corrected chi connectivity index (χ0v) is 14.3. The molecule has 1 aliphatic carbocycles. The second kappa shape index (κ2) is 16.4. The molecule has 0 aliphatic heterocycles. The Hall–Kier alpha value is 1.42. The fraction of sp³-hybridized carbons (Fsp3) is 1.00. The number of rotatable bonds is 0. The minimum Gasteiger partial charge on any atom is -0.675 e. The molecule has 0 aromatic rings. The van der Waals surface area contributed by atoms with Crippen LogP contribution in [0.25, 0.3) is 5.73 Å². The van der Waals surface area contributed by atoms with Crippen molar-refractivity contribution in [2.24, 2.45) is 0 Å². The Labute approximate surface area is 133 Å². The van der Waals surface area contributed by atoms with Crippen molar-refractivity contribution in [2.75, 3.05) is 0 Å². The van der Waals surface area contributed by atoms with Crippen molar-refractivity contribution < 1.29 is 26.2 Å². The largest absolute Gasteiger partial charge is 0.675 e. The van der Waals surface area contributed by atoms with E-state index in [9.17, 15) is 0 Å². The van der Waals surface area contributed by atoms with Gasteiger partial charge in [-0.3, -0.25) is 0 Å². The first-order valence-electron chi connectivity index (χ1n) is 6.11. The molecular formula is C12H26Cl2NZr-. The van der Waals surface area contributed by atoms with E-state index in [1.54, 1.807) is 0 Å². The third kappa shape index (κ3) is 13.5. The summed E-state index contributed by atoms with van der Waals surface area (Å²) in [5.74, 6) is 0. The average Bonchev–Trinajstić information content (AvgIpc) is 2.11. The number of hydrogen-bond donors (Lipinski definition) is 0. The molecule has 0 radical (unpaired) electrons. The molecule has 1 fully saturated rings. The molecule has 1 rings (SSSR count). The van der Waals surface area contributed by atoms with Gasteiger partial charge in [-0.2, -0.15) is 0 Å². The second-order valence-electron chi connectivity index (χ2n) is 4.46. The summed E-state index contributed by atoms with van der Waals surface area (Å²) in [6.45, 7) is 0. The fourth-order valence-electron chi connectivity index (χ4n) is 2.16. The number of nitrogens with one attached hydrogen (secondary N) is 1. The first-order valence-corrected chi connectivity index (χ1v) is 6.11. The van der Waals surface area contributed by atoms with Gasteiger partial charge in [0.2, 0.25) is 0 Å². The molecule has 98 valence electrons. The van der Waals surface area contributed by atoms with Gasteiger partial charge in [-0.25, -0.2) is 0 Å². The minimum atomic E-state index is 0. The van der Waals surface area contributed by atoms with Crippen LogP contribution in [0.1, 0.15) is 70.6 Å². The quantitative estimate of drug-likeness (QED) is 0.549. The molecule has 0 unspecified atom stereocenters. The molecule has 1 nitrogen and oxygen atoms in total. The fourth-order valence-corrected chi connectivity index (χ4v) is 2.16. The topological polar surface area (TPSA) is 23.8 Å². The summed E-state index contributed by atoms with van der Waals surface area (Å²) in [4.78, 5) is 0. The first kappa shape index (κ1) is 22.6. The van der Waals surface area contributed by atoms with Crippen LogP contribution in [0.15, 0.2) is 0 Å². The molecule has 0 aromatic heterocycles. The molecule has 16 heavy (non-hydrogen) atoms. The van der Waals surface area contributed by atoms with Crippen LogP contribution in [0.3, 0.4) is 0 Å². The van der Waals surface area contributed by atoms with Gasteiger partial charge < -0.3 is 5.73 Å². The monoisotopic (exact) mass is 344 g/mol. The minimum absolute atomic E-state index is 0. The summed E-state index contributed by atoms with van der Waals surface area (Å²) in [7, 11) is 0. The Morgan fingerprint density at radius 3 is 1.12 bits per heavy atom. The molecule has 0 bridgehead atoms. The summed E-state index contributed by atoms with van der Waals surface area (Å²) in [5, 5.41) is 0. The molecule has 1 saturated carbocycles. The summed E-state index contributed by atoms with van der Waals surface area (Å²) in [6, 6.07) is 0.249. The zero-order valence-electron chi connectivity index (χ0n) is 10.2. The predicted molar refractivity (Wildman–Crippen MR) is 73.4 cm³/mol. The van der Waals surface area contributed by atoms with Crippen molar-refractivity contribution in [3.05, 3.63) is 5.73 Å². The smallest absolute Gasteiger partial charge is 0 e. The maximum Gasteiger partial charge on any atom is 0 e. The first-order chi connectivity index (χ1) is 6.39. The summed E-state index contributed by atoms with van der Waals surface area (Å²) < 4.78 is 0. The summed E-state index contributed by atoms with van der Waals surface area (Å²) in [5.41, 5.74) is 7.80. The van der Waals surface area contributed by atoms with Gasteiger partial charge in [0.15, 0.2) is 0 Å². The van der Waals surface area contributed by atoms with E-state index in [2.05, 4.69) is 0 Å². The van der Waals surface area contributed by atoms with Crippen LogP contribution in [-0.4, -0.2) is 6.04 Å². The van der Waals surface area contributed by atoms with Gasteiger partial charge in [-0.05, 0) is 0 Å². The third-order valence-electron chi connectivity index (χ3n) is 3.11. The van der Waals surface area contributed by atoms with Gasteiger partial charge in [0, 0.05) is 26.2 Å². The number of halogens is 2. The van der Waals surface area contributed by atoms with Gasteiger partial charge in [0.1, 0.15) is 0 Å². The standard InChI is InChI=1S/C12H24N.2ClH.Zr/c13-12-10-8-6-4-2-1-3-5-7-9-11-12;;;/h12-13H,1-11H2;2*1H;/q-1;;;. The van der Waals surface area contributed by atoms with Crippen LogP contribution < -0.4 is 0 Å². The summed E-state index contributed by atoms with van der Waals surface area (Å²) in [6.07, 6.45) is 14.8. The van der Waals surface area contributed by atoms with Gasteiger partial charge in [-0.15, -0.1) is 30.9 Å². The Morgan fingerprint density at radius 1 is 0.562 bits per heavy atom. The predicted octanol–water partition coefficient (Wildman–Crippen LogP) is 5.55. The van der Waals surface area contributed by atoms with Gasteiger partial charge in [0.05, 0.1) is 0 Å². The maximum atomic E-state index is 7.80. The molecule has 0 saturated heterocycles. The summed E-state index contributed by atoms with van der Waals surface area (Å²) >= 11 is 0. The van der Waals surface area contributed by atoms with Crippen molar-refractivity contribution in [1.82, 2.24) is 0 Å². The molecule has 0 heterocycles. The molecule has 0 spiro atoms. The third-order valence-corrected chi connectivity index (χ3v) is 3.11. The normalized spacial score (nSPS) is 20.1. The van der Waals surface area contributed by atoms with Crippen LogP contribution in [-0.2, 0) is 26.2 Å². The van der Waals surface area contributed by atoms with Gasteiger partial charge in [0.25, 0.3) is 0 Å². The Morgan fingerprint density at radius 2 is 0.812 bits per heavy atom. The van der Waals surface area contributed by atoms with Crippen LogP contribution in [0.5, 0.6) is 0 Å². The van der Waals surface area contributed by atoms with Crippen molar-refractivity contribution in [1.29, 1.82) is 0 Å². The maximum absolute atomic E-state index is 7.80. The van der Waals surface area contributed by atoms with Crippen LogP contribution in [0.4, 0.5) is 0 Å². The molecule has 0 atom stereocenters. The average molecular weight is 346 g/mol. The van der Waals surface area contributed by atoms with E-state index >= 15 is 0 Å². The van der Waals surface area contributed by atoms with Crippen molar-refractivity contribution in [3.8, 4) is 0 Å². The van der Waals surface area contributed by atoms with E-state index in [-0.39, 0.29) is 57.1 Å². The van der Waals surface area contributed by atoms with Gasteiger partial charge in [-0.1, -0.05) is 70.6 Å². The molecule has 0 amide bonds. The van der Waals surface area contributed by atoms with Gasteiger partial charge >= 0.3 is 0 Å².